The molecule has 4 heteroatoms. The molecule has 0 saturated heterocycles. The Morgan fingerprint density at radius 1 is 1.80 bits per heavy atom. The second-order valence-corrected chi connectivity index (χ2v) is 1.42. The average Bonchev–Trinajstić information content (AvgIpc) is 1.87. The Kier molecular flexibility index (Phi) is 4.79. The predicted octanol–water partition coefficient (Wildman–Crippen LogP) is 0.515. The van der Waals surface area contributed by atoms with Gasteiger partial charge in [0, 0.05) is 0 Å². The van der Waals surface area contributed by atoms with E-state index < -0.39 is 5.97 Å². The first kappa shape index (κ1) is 8.50. The summed E-state index contributed by atoms with van der Waals surface area (Å²) in [7, 11) is 0. The molecular formula is C6H7NO3. The Labute approximate surface area is 58.3 Å². The van der Waals surface area contributed by atoms with Crippen molar-refractivity contribution < 1.29 is 14.6 Å². The topological polar surface area (TPSA) is 70.3 Å². The normalized spacial score (nSPS) is 9.10. The first-order valence-corrected chi connectivity index (χ1v) is 2.65. The summed E-state index contributed by atoms with van der Waals surface area (Å²) < 4.78 is 4.60. The lowest BCUT2D eigenvalue weighted by molar-refractivity contribution is -0.131. The van der Waals surface area contributed by atoms with Crippen LogP contribution >= 0.6 is 0 Å². The second-order valence-electron chi connectivity index (χ2n) is 1.42. The first-order chi connectivity index (χ1) is 4.77. The number of rotatable bonds is 4. The van der Waals surface area contributed by atoms with Crippen molar-refractivity contribution in [3.8, 4) is 6.07 Å². The van der Waals surface area contributed by atoms with Crippen LogP contribution in [0.4, 0.5) is 0 Å². The summed E-state index contributed by atoms with van der Waals surface area (Å²) in [5, 5.41) is 16.0. The highest BCUT2D eigenvalue weighted by Crippen LogP contribution is 1.81. The van der Waals surface area contributed by atoms with Crippen LogP contribution in [0.25, 0.3) is 0 Å². The molecule has 0 fully saturated rings. The Hall–Kier alpha value is -1.50. The Morgan fingerprint density at radius 3 is 3.00 bits per heavy atom. The van der Waals surface area contributed by atoms with Crippen molar-refractivity contribution in [2.24, 2.45) is 0 Å². The number of aliphatic carboxylic acids is 1. The molecule has 0 aromatic heterocycles. The molecule has 0 aliphatic rings. The van der Waals surface area contributed by atoms with E-state index in [0.29, 0.717) is 0 Å². The number of carboxylic acids is 1. The van der Waals surface area contributed by atoms with Gasteiger partial charge in [0.05, 0.1) is 24.8 Å². The second kappa shape index (κ2) is 5.63. The third-order valence-electron chi connectivity index (χ3n) is 0.639. The maximum atomic E-state index is 9.80. The third kappa shape index (κ3) is 6.50. The van der Waals surface area contributed by atoms with Crippen molar-refractivity contribution in [1.82, 2.24) is 0 Å². The predicted molar refractivity (Wildman–Crippen MR) is 33.0 cm³/mol. The zero-order valence-corrected chi connectivity index (χ0v) is 5.28. The van der Waals surface area contributed by atoms with Crippen LogP contribution in [0.15, 0.2) is 12.3 Å². The maximum Gasteiger partial charge on any atom is 0.331 e. The highest BCUT2D eigenvalue weighted by molar-refractivity contribution is 5.79. The van der Waals surface area contributed by atoms with Crippen LogP contribution in [-0.2, 0) is 9.53 Å². The summed E-state index contributed by atoms with van der Waals surface area (Å²) >= 11 is 0. The van der Waals surface area contributed by atoms with Gasteiger partial charge in [-0.1, -0.05) is 0 Å². The molecule has 10 heavy (non-hydrogen) atoms. The fourth-order valence-corrected chi connectivity index (χ4v) is 0.279. The fraction of sp³-hybridized carbons (Fsp3) is 0.333. The largest absolute Gasteiger partial charge is 0.500 e. The van der Waals surface area contributed by atoms with Gasteiger partial charge in [-0.2, -0.15) is 5.26 Å². The Balaban J connectivity index is 3.20. The van der Waals surface area contributed by atoms with E-state index in [2.05, 4.69) is 4.74 Å². The quantitative estimate of drug-likeness (QED) is 0.352. The zero-order valence-electron chi connectivity index (χ0n) is 5.28. The van der Waals surface area contributed by atoms with E-state index in [1.54, 1.807) is 0 Å². The number of hydrogen-bond donors (Lipinski definition) is 1. The number of nitriles is 1. The molecule has 0 aromatic carbocycles. The van der Waals surface area contributed by atoms with Gasteiger partial charge < -0.3 is 9.84 Å². The Morgan fingerprint density at radius 2 is 2.50 bits per heavy atom. The molecule has 0 amide bonds. The highest BCUT2D eigenvalue weighted by Gasteiger charge is 1.84. The van der Waals surface area contributed by atoms with Crippen molar-refractivity contribution in [3.05, 3.63) is 12.3 Å². The molecule has 0 aliphatic carbocycles. The van der Waals surface area contributed by atoms with E-state index in [0.717, 1.165) is 12.3 Å². The van der Waals surface area contributed by atoms with Crippen molar-refractivity contribution in [1.29, 1.82) is 5.26 Å². The third-order valence-corrected chi connectivity index (χ3v) is 0.639. The summed E-state index contributed by atoms with van der Waals surface area (Å²) in [5.74, 6) is -1.06. The van der Waals surface area contributed by atoms with Crippen LogP contribution < -0.4 is 0 Å². The minimum atomic E-state index is -1.06. The van der Waals surface area contributed by atoms with E-state index in [1.807, 2.05) is 6.07 Å². The average molecular weight is 141 g/mol. The SMILES string of the molecule is N#CCCOC=CC(=O)O. The van der Waals surface area contributed by atoms with Gasteiger partial charge in [-0.05, 0) is 0 Å². The summed E-state index contributed by atoms with van der Waals surface area (Å²) in [5.41, 5.74) is 0. The van der Waals surface area contributed by atoms with Crippen LogP contribution in [-0.4, -0.2) is 17.7 Å². The molecule has 54 valence electrons. The molecule has 0 rings (SSSR count). The van der Waals surface area contributed by atoms with Crippen LogP contribution in [0.5, 0.6) is 0 Å². The maximum absolute atomic E-state index is 9.80. The first-order valence-electron chi connectivity index (χ1n) is 2.65. The van der Waals surface area contributed by atoms with Gasteiger partial charge in [0.2, 0.25) is 0 Å². The molecule has 1 N–H and O–H groups in total. The van der Waals surface area contributed by atoms with E-state index >= 15 is 0 Å². The van der Waals surface area contributed by atoms with Gasteiger partial charge in [0.25, 0.3) is 0 Å². The molecule has 0 bridgehead atoms. The molecule has 0 unspecified atom stereocenters. The molecule has 0 aliphatic heterocycles. The van der Waals surface area contributed by atoms with Crippen molar-refractivity contribution >= 4 is 5.97 Å². The lowest BCUT2D eigenvalue weighted by Crippen LogP contribution is -1.89. The number of hydrogen-bond acceptors (Lipinski definition) is 3. The lowest BCUT2D eigenvalue weighted by Gasteiger charge is -1.91. The van der Waals surface area contributed by atoms with Crippen LogP contribution in [0.2, 0.25) is 0 Å². The minimum absolute atomic E-state index is 0.236. The standard InChI is InChI=1S/C6H7NO3/c7-3-1-4-10-5-2-6(8)9/h2,5H,1,4H2,(H,8,9). The molecule has 0 spiro atoms. The van der Waals surface area contributed by atoms with Gasteiger partial charge in [-0.15, -0.1) is 0 Å². The van der Waals surface area contributed by atoms with E-state index in [4.69, 9.17) is 10.4 Å². The van der Waals surface area contributed by atoms with Gasteiger partial charge in [-0.3, -0.25) is 0 Å². The van der Waals surface area contributed by atoms with Gasteiger partial charge in [0.1, 0.15) is 6.61 Å². The van der Waals surface area contributed by atoms with Crippen LogP contribution in [0, 0.1) is 11.3 Å². The van der Waals surface area contributed by atoms with Crippen LogP contribution in [0.3, 0.4) is 0 Å². The van der Waals surface area contributed by atoms with Crippen molar-refractivity contribution in [3.63, 3.8) is 0 Å². The van der Waals surface area contributed by atoms with Crippen LogP contribution in [0.1, 0.15) is 6.42 Å². The van der Waals surface area contributed by atoms with Gasteiger partial charge >= 0.3 is 5.97 Å². The summed E-state index contributed by atoms with van der Waals surface area (Å²) in [6.07, 6.45) is 2.20. The van der Waals surface area contributed by atoms with Gasteiger partial charge in [-0.25, -0.2) is 4.79 Å². The lowest BCUT2D eigenvalue weighted by atomic mass is 10.5. The van der Waals surface area contributed by atoms with Crippen molar-refractivity contribution in [2.75, 3.05) is 6.61 Å². The number of ether oxygens (including phenoxy) is 1. The molecule has 0 aromatic rings. The molecule has 0 saturated carbocycles. The van der Waals surface area contributed by atoms with E-state index in [1.165, 1.54) is 0 Å². The van der Waals surface area contributed by atoms with Gasteiger partial charge in [0.15, 0.2) is 0 Å². The molecule has 0 radical (unpaired) electrons. The number of carboxylic acid groups (broad SMARTS) is 1. The van der Waals surface area contributed by atoms with Crippen molar-refractivity contribution in [2.45, 2.75) is 6.42 Å². The molecular weight excluding hydrogens is 134 g/mol. The highest BCUT2D eigenvalue weighted by atomic mass is 16.5. The minimum Gasteiger partial charge on any atom is -0.500 e. The Bertz CT molecular complexity index is 168. The molecule has 0 heterocycles. The molecule has 4 nitrogen and oxygen atoms in total. The fourth-order valence-electron chi connectivity index (χ4n) is 0.279. The van der Waals surface area contributed by atoms with E-state index in [-0.39, 0.29) is 13.0 Å². The zero-order chi connectivity index (χ0) is 7.82. The number of carbonyl (C=O) groups is 1. The monoisotopic (exact) mass is 141 g/mol. The summed E-state index contributed by atoms with van der Waals surface area (Å²) in [6.45, 7) is 0.236. The van der Waals surface area contributed by atoms with E-state index in [9.17, 15) is 4.79 Å². The molecule has 0 atom stereocenters. The smallest absolute Gasteiger partial charge is 0.331 e. The summed E-state index contributed by atoms with van der Waals surface area (Å²) in [6, 6.07) is 1.85. The number of nitrogens with zero attached hydrogens (tertiary/aromatic N) is 1. The summed E-state index contributed by atoms with van der Waals surface area (Å²) in [4.78, 5) is 9.80.